The highest BCUT2D eigenvalue weighted by Crippen LogP contribution is 2.15. The van der Waals surface area contributed by atoms with Crippen LogP contribution < -0.4 is 11.1 Å². The van der Waals surface area contributed by atoms with Gasteiger partial charge in [-0.05, 0) is 12.5 Å². The molecule has 0 fully saturated rings. The molecule has 1 atom stereocenters. The largest absolute Gasteiger partial charge is 0.399 e. The first-order valence-corrected chi connectivity index (χ1v) is 4.84. The number of aromatic nitrogens is 1. The Bertz CT molecular complexity index is 286. The van der Waals surface area contributed by atoms with Crippen LogP contribution in [0.1, 0.15) is 13.3 Å². The maximum atomic E-state index is 9.30. The van der Waals surface area contributed by atoms with Gasteiger partial charge in [-0.2, -0.15) is 0 Å². The molecule has 1 aromatic rings. The van der Waals surface area contributed by atoms with Gasteiger partial charge in [0.05, 0.1) is 6.10 Å². The summed E-state index contributed by atoms with van der Waals surface area (Å²) in [6.07, 6.45) is 0.320. The molecule has 78 valence electrons. The highest BCUT2D eigenvalue weighted by Gasteiger charge is 2.02. The van der Waals surface area contributed by atoms with Crippen LogP contribution in [0.3, 0.4) is 0 Å². The summed E-state index contributed by atoms with van der Waals surface area (Å²) >= 11 is 5.71. The number of aliphatic hydroxyl groups excluding tert-OH is 1. The molecule has 0 aliphatic rings. The number of hydrogen-bond donors (Lipinski definition) is 3. The van der Waals surface area contributed by atoms with Gasteiger partial charge in [0.25, 0.3) is 0 Å². The van der Waals surface area contributed by atoms with E-state index in [4.69, 9.17) is 17.3 Å². The zero-order valence-corrected chi connectivity index (χ0v) is 8.75. The van der Waals surface area contributed by atoms with Crippen LogP contribution in [0.2, 0.25) is 5.15 Å². The molecule has 0 aliphatic carbocycles. The maximum Gasteiger partial charge on any atom is 0.133 e. The van der Waals surface area contributed by atoms with Gasteiger partial charge in [-0.25, -0.2) is 4.98 Å². The normalized spacial score (nSPS) is 12.5. The first-order valence-electron chi connectivity index (χ1n) is 4.46. The van der Waals surface area contributed by atoms with Gasteiger partial charge >= 0.3 is 0 Å². The van der Waals surface area contributed by atoms with E-state index in [0.29, 0.717) is 29.6 Å². The number of rotatable bonds is 4. The van der Waals surface area contributed by atoms with Crippen molar-refractivity contribution in [2.45, 2.75) is 19.4 Å². The molecule has 0 bridgehead atoms. The summed E-state index contributed by atoms with van der Waals surface area (Å²) in [6, 6.07) is 3.25. The second-order valence-corrected chi connectivity index (χ2v) is 3.44. The van der Waals surface area contributed by atoms with E-state index in [0.717, 1.165) is 0 Å². The predicted octanol–water partition coefficient (Wildman–Crippen LogP) is 1.50. The van der Waals surface area contributed by atoms with Crippen molar-refractivity contribution < 1.29 is 5.11 Å². The Morgan fingerprint density at radius 3 is 2.93 bits per heavy atom. The zero-order valence-electron chi connectivity index (χ0n) is 8.00. The van der Waals surface area contributed by atoms with Gasteiger partial charge < -0.3 is 16.2 Å². The quantitative estimate of drug-likeness (QED) is 0.666. The van der Waals surface area contributed by atoms with Gasteiger partial charge in [-0.3, -0.25) is 0 Å². The smallest absolute Gasteiger partial charge is 0.133 e. The molecule has 0 saturated carbocycles. The van der Waals surface area contributed by atoms with Crippen LogP contribution in [0.15, 0.2) is 12.1 Å². The Labute approximate surface area is 88.1 Å². The number of nitrogens with two attached hydrogens (primary N) is 1. The average Bonchev–Trinajstić information content (AvgIpc) is 2.12. The third kappa shape index (κ3) is 3.40. The summed E-state index contributed by atoms with van der Waals surface area (Å²) in [4.78, 5) is 4.00. The number of nitrogens with one attached hydrogen (secondary N) is 1. The number of halogens is 1. The van der Waals surface area contributed by atoms with Crippen molar-refractivity contribution in [3.05, 3.63) is 17.3 Å². The minimum Gasteiger partial charge on any atom is -0.399 e. The van der Waals surface area contributed by atoms with Crippen LogP contribution in [0, 0.1) is 0 Å². The van der Waals surface area contributed by atoms with Gasteiger partial charge in [0, 0.05) is 18.3 Å². The number of pyridine rings is 1. The molecule has 4 nitrogen and oxygen atoms in total. The van der Waals surface area contributed by atoms with Crippen LogP contribution in [0.5, 0.6) is 0 Å². The molecule has 1 aromatic heterocycles. The molecule has 14 heavy (non-hydrogen) atoms. The summed E-state index contributed by atoms with van der Waals surface area (Å²) in [5.41, 5.74) is 6.13. The van der Waals surface area contributed by atoms with Crippen molar-refractivity contribution in [2.75, 3.05) is 17.6 Å². The second-order valence-electron chi connectivity index (χ2n) is 3.05. The van der Waals surface area contributed by atoms with Crippen molar-refractivity contribution in [1.29, 1.82) is 0 Å². The average molecular weight is 216 g/mol. The molecule has 0 saturated heterocycles. The zero-order chi connectivity index (χ0) is 10.6. The van der Waals surface area contributed by atoms with Gasteiger partial charge in [-0.15, -0.1) is 0 Å². The van der Waals surface area contributed by atoms with Crippen LogP contribution in [-0.2, 0) is 0 Å². The first-order chi connectivity index (χ1) is 6.61. The fraction of sp³-hybridized carbons (Fsp3) is 0.444. The van der Waals surface area contributed by atoms with E-state index in [1.54, 1.807) is 12.1 Å². The fourth-order valence-corrected chi connectivity index (χ4v) is 1.19. The Hall–Kier alpha value is -1.00. The van der Waals surface area contributed by atoms with E-state index in [1.165, 1.54) is 0 Å². The molecule has 4 N–H and O–H groups in total. The molecule has 0 aromatic carbocycles. The van der Waals surface area contributed by atoms with Gasteiger partial charge in [0.1, 0.15) is 11.0 Å². The minimum absolute atomic E-state index is 0.346. The van der Waals surface area contributed by atoms with Gasteiger partial charge in [0.2, 0.25) is 0 Å². The van der Waals surface area contributed by atoms with E-state index in [9.17, 15) is 5.11 Å². The number of nitrogen functional groups attached to an aromatic ring is 1. The predicted molar refractivity (Wildman–Crippen MR) is 58.4 cm³/mol. The molecule has 0 radical (unpaired) electrons. The monoisotopic (exact) mass is 215 g/mol. The van der Waals surface area contributed by atoms with Crippen LogP contribution in [0.25, 0.3) is 0 Å². The SMILES string of the molecule is CC[C@H](O)CNc1cc(N)cc(Cl)n1. The standard InChI is InChI=1S/C9H14ClN3O/c1-2-7(14)5-12-9-4-6(11)3-8(10)13-9/h3-4,7,14H,2,5H2,1H3,(H3,11,12,13)/t7-/m0/s1. The van der Waals surface area contributed by atoms with E-state index in [-0.39, 0.29) is 6.10 Å². The topological polar surface area (TPSA) is 71.2 Å². The molecule has 5 heteroatoms. The van der Waals surface area contributed by atoms with Crippen LogP contribution >= 0.6 is 11.6 Å². The fourth-order valence-electron chi connectivity index (χ4n) is 0.974. The third-order valence-electron chi connectivity index (χ3n) is 1.81. The molecule has 0 amide bonds. The summed E-state index contributed by atoms with van der Waals surface area (Å²) in [7, 11) is 0. The van der Waals surface area contributed by atoms with Crippen molar-refractivity contribution in [2.24, 2.45) is 0 Å². The Balaban J connectivity index is 2.58. The molecule has 1 rings (SSSR count). The van der Waals surface area contributed by atoms with Crippen molar-refractivity contribution in [3.63, 3.8) is 0 Å². The Morgan fingerprint density at radius 2 is 2.36 bits per heavy atom. The number of anilines is 2. The summed E-state index contributed by atoms with van der Waals surface area (Å²) in [5, 5.41) is 12.6. The Morgan fingerprint density at radius 1 is 1.64 bits per heavy atom. The lowest BCUT2D eigenvalue weighted by atomic mass is 10.3. The molecular weight excluding hydrogens is 202 g/mol. The summed E-state index contributed by atoms with van der Waals surface area (Å²) in [5.74, 6) is 0.586. The molecular formula is C9H14ClN3O. The van der Waals surface area contributed by atoms with E-state index < -0.39 is 0 Å². The third-order valence-corrected chi connectivity index (χ3v) is 2.00. The maximum absolute atomic E-state index is 9.30. The second kappa shape index (κ2) is 5.02. The van der Waals surface area contributed by atoms with Crippen molar-refractivity contribution in [3.8, 4) is 0 Å². The summed E-state index contributed by atoms with van der Waals surface area (Å²) in [6.45, 7) is 2.36. The molecule has 0 unspecified atom stereocenters. The lowest BCUT2D eigenvalue weighted by molar-refractivity contribution is 0.183. The molecule has 1 heterocycles. The van der Waals surface area contributed by atoms with Crippen molar-refractivity contribution in [1.82, 2.24) is 4.98 Å². The highest BCUT2D eigenvalue weighted by molar-refractivity contribution is 6.29. The number of hydrogen-bond acceptors (Lipinski definition) is 4. The highest BCUT2D eigenvalue weighted by atomic mass is 35.5. The number of aliphatic hydroxyl groups is 1. The van der Waals surface area contributed by atoms with E-state index >= 15 is 0 Å². The van der Waals surface area contributed by atoms with Crippen molar-refractivity contribution >= 4 is 23.1 Å². The van der Waals surface area contributed by atoms with Gasteiger partial charge in [0.15, 0.2) is 0 Å². The lowest BCUT2D eigenvalue weighted by Gasteiger charge is -2.10. The van der Waals surface area contributed by atoms with Crippen LogP contribution in [-0.4, -0.2) is 22.7 Å². The van der Waals surface area contributed by atoms with Crippen LogP contribution in [0.4, 0.5) is 11.5 Å². The Kier molecular flexibility index (Phi) is 3.98. The summed E-state index contributed by atoms with van der Waals surface area (Å²) < 4.78 is 0. The minimum atomic E-state index is -0.378. The van der Waals surface area contributed by atoms with E-state index in [1.807, 2.05) is 6.92 Å². The first kappa shape index (κ1) is 11.1. The van der Waals surface area contributed by atoms with E-state index in [2.05, 4.69) is 10.3 Å². The number of nitrogens with zero attached hydrogens (tertiary/aromatic N) is 1. The molecule has 0 spiro atoms. The lowest BCUT2D eigenvalue weighted by Crippen LogP contribution is -2.18. The molecule has 0 aliphatic heterocycles. The van der Waals surface area contributed by atoms with Gasteiger partial charge in [-0.1, -0.05) is 18.5 Å².